The van der Waals surface area contributed by atoms with E-state index in [2.05, 4.69) is 10.3 Å². The number of nitrogens with zero attached hydrogens (tertiary/aromatic N) is 3. The molecule has 12 heteroatoms. The van der Waals surface area contributed by atoms with Crippen molar-refractivity contribution in [2.45, 2.75) is 20.4 Å². The first-order chi connectivity index (χ1) is 19.1. The van der Waals surface area contributed by atoms with E-state index in [9.17, 15) is 24.1 Å². The number of non-ortho nitro benzene ring substituents is 1. The molecule has 40 heavy (non-hydrogen) atoms. The second-order valence-electron chi connectivity index (χ2n) is 8.95. The summed E-state index contributed by atoms with van der Waals surface area (Å²) in [5.74, 6) is -0.466. The average molecular weight is 579 g/mol. The Morgan fingerprint density at radius 1 is 1.15 bits per heavy atom. The molecule has 0 atom stereocenters. The fourth-order valence-electron chi connectivity index (χ4n) is 4.12. The Balaban J connectivity index is 1.45. The lowest BCUT2D eigenvalue weighted by molar-refractivity contribution is -0.384. The molecule has 0 saturated carbocycles. The zero-order valence-corrected chi connectivity index (χ0v) is 22.7. The van der Waals surface area contributed by atoms with Crippen molar-refractivity contribution in [3.8, 4) is 11.5 Å². The van der Waals surface area contributed by atoms with Gasteiger partial charge < -0.3 is 10.1 Å². The minimum absolute atomic E-state index is 0.0190. The quantitative estimate of drug-likeness (QED) is 0.166. The summed E-state index contributed by atoms with van der Waals surface area (Å²) in [6, 6.07) is 15.0. The number of nitrogens with one attached hydrogen (secondary N) is 1. The topological polar surface area (TPSA) is 116 Å². The number of carbonyl (C=O) groups excluding carboxylic acids is 1. The summed E-state index contributed by atoms with van der Waals surface area (Å²) in [6.07, 6.45) is 1.32. The van der Waals surface area contributed by atoms with Gasteiger partial charge in [-0.2, -0.15) is 0 Å². The van der Waals surface area contributed by atoms with Crippen molar-refractivity contribution in [1.82, 2.24) is 9.55 Å². The summed E-state index contributed by atoms with van der Waals surface area (Å²) in [5.41, 5.74) is 0.918. The smallest absolute Gasteiger partial charge is 0.275 e. The predicted octanol–water partition coefficient (Wildman–Crippen LogP) is 6.87. The van der Waals surface area contributed by atoms with Crippen LogP contribution < -0.4 is 15.6 Å². The maximum atomic E-state index is 14.1. The Bertz CT molecular complexity index is 1870. The Morgan fingerprint density at radius 2 is 1.93 bits per heavy atom. The molecule has 3 aromatic carbocycles. The van der Waals surface area contributed by atoms with Gasteiger partial charge in [0.1, 0.15) is 22.1 Å². The molecule has 0 bridgehead atoms. The lowest BCUT2D eigenvalue weighted by Gasteiger charge is -2.10. The number of benzene rings is 3. The number of carbonyl (C=O) groups is 1. The number of amides is 1. The molecule has 0 aliphatic heterocycles. The second kappa shape index (κ2) is 10.9. The molecule has 9 nitrogen and oxygen atoms in total. The van der Waals surface area contributed by atoms with Gasteiger partial charge in [-0.3, -0.25) is 24.3 Å². The number of thiophene rings is 1. The third-order valence-corrected chi connectivity index (χ3v) is 7.77. The maximum Gasteiger partial charge on any atom is 0.275 e. The van der Waals surface area contributed by atoms with E-state index in [-0.39, 0.29) is 33.9 Å². The van der Waals surface area contributed by atoms with E-state index >= 15 is 0 Å². The van der Waals surface area contributed by atoms with E-state index < -0.39 is 22.2 Å². The van der Waals surface area contributed by atoms with Crippen LogP contribution >= 0.6 is 22.9 Å². The van der Waals surface area contributed by atoms with E-state index in [1.807, 2.05) is 0 Å². The van der Waals surface area contributed by atoms with Crippen LogP contribution in [0.2, 0.25) is 5.02 Å². The molecule has 0 fully saturated rings. The van der Waals surface area contributed by atoms with Crippen LogP contribution in [0.4, 0.5) is 15.8 Å². The number of nitro groups is 1. The summed E-state index contributed by atoms with van der Waals surface area (Å²) in [4.78, 5) is 42.3. The number of halogens is 2. The number of hydrogen-bond donors (Lipinski definition) is 1. The van der Waals surface area contributed by atoms with E-state index in [0.29, 0.717) is 26.7 Å². The van der Waals surface area contributed by atoms with Crippen LogP contribution in [0.1, 0.15) is 26.4 Å². The van der Waals surface area contributed by atoms with E-state index in [1.54, 1.807) is 50.2 Å². The van der Waals surface area contributed by atoms with Crippen molar-refractivity contribution in [2.24, 2.45) is 0 Å². The highest BCUT2D eigenvalue weighted by Crippen LogP contribution is 2.33. The zero-order chi connectivity index (χ0) is 28.6. The van der Waals surface area contributed by atoms with Gasteiger partial charge in [0.2, 0.25) is 0 Å². The first-order valence-corrected chi connectivity index (χ1v) is 13.1. The number of nitro benzene ring substituents is 1. The third-order valence-electron chi connectivity index (χ3n) is 6.15. The number of rotatable bonds is 7. The van der Waals surface area contributed by atoms with E-state index in [1.165, 1.54) is 35.2 Å². The molecule has 0 radical (unpaired) electrons. The van der Waals surface area contributed by atoms with Gasteiger partial charge in [0.15, 0.2) is 0 Å². The van der Waals surface area contributed by atoms with Gasteiger partial charge in [-0.1, -0.05) is 29.8 Å². The van der Waals surface area contributed by atoms with Crippen LogP contribution in [0.15, 0.2) is 71.8 Å². The molecule has 2 heterocycles. The molecule has 1 N–H and O–H groups in total. The SMILES string of the molecule is Cc1cc(Oc2cc(NC(=O)c3sc4ncn(Cc5ccccc5F)c(=O)c4c3C)cc([N+](=O)[O-])c2)ccc1Cl. The van der Waals surface area contributed by atoms with Gasteiger partial charge in [-0.15, -0.1) is 11.3 Å². The van der Waals surface area contributed by atoms with Gasteiger partial charge >= 0.3 is 0 Å². The molecule has 0 saturated heterocycles. The molecule has 202 valence electrons. The summed E-state index contributed by atoms with van der Waals surface area (Å²) >= 11 is 7.08. The Labute approximate surface area is 235 Å². The summed E-state index contributed by atoms with van der Waals surface area (Å²) in [7, 11) is 0. The van der Waals surface area contributed by atoms with Gasteiger partial charge in [0.25, 0.3) is 17.2 Å². The minimum atomic E-state index is -0.595. The Kier molecular flexibility index (Phi) is 7.33. The molecule has 0 unspecified atom stereocenters. The minimum Gasteiger partial charge on any atom is -0.457 e. The first-order valence-electron chi connectivity index (χ1n) is 11.9. The number of hydrogen-bond acceptors (Lipinski definition) is 7. The van der Waals surface area contributed by atoms with Crippen LogP contribution in [0.5, 0.6) is 11.5 Å². The summed E-state index contributed by atoms with van der Waals surface area (Å²) < 4.78 is 21.2. The van der Waals surface area contributed by atoms with Gasteiger partial charge in [0, 0.05) is 22.7 Å². The summed E-state index contributed by atoms with van der Waals surface area (Å²) in [5, 5.41) is 15.0. The molecule has 5 aromatic rings. The lowest BCUT2D eigenvalue weighted by atomic mass is 10.2. The van der Waals surface area contributed by atoms with Gasteiger partial charge in [-0.25, -0.2) is 9.37 Å². The molecule has 0 spiro atoms. The first kappa shape index (κ1) is 27.0. The van der Waals surface area contributed by atoms with Crippen LogP contribution in [0.25, 0.3) is 10.2 Å². The van der Waals surface area contributed by atoms with Crippen LogP contribution in [0.3, 0.4) is 0 Å². The van der Waals surface area contributed by atoms with Crippen LogP contribution in [-0.2, 0) is 6.54 Å². The van der Waals surface area contributed by atoms with Gasteiger partial charge in [0.05, 0.1) is 39.8 Å². The third kappa shape index (κ3) is 5.42. The molecular formula is C28H20ClFN4O5S. The molecule has 0 aliphatic rings. The number of ether oxygens (including phenoxy) is 1. The highest BCUT2D eigenvalue weighted by Gasteiger charge is 2.21. The highest BCUT2D eigenvalue weighted by molar-refractivity contribution is 7.20. The van der Waals surface area contributed by atoms with Crippen LogP contribution in [0, 0.1) is 29.8 Å². The Morgan fingerprint density at radius 3 is 2.65 bits per heavy atom. The maximum absolute atomic E-state index is 14.1. The van der Waals surface area contributed by atoms with Crippen molar-refractivity contribution in [3.63, 3.8) is 0 Å². The molecule has 0 aliphatic carbocycles. The van der Waals surface area contributed by atoms with Crippen molar-refractivity contribution in [1.29, 1.82) is 0 Å². The van der Waals surface area contributed by atoms with Crippen molar-refractivity contribution < 1.29 is 18.8 Å². The predicted molar refractivity (Wildman–Crippen MR) is 151 cm³/mol. The highest BCUT2D eigenvalue weighted by atomic mass is 35.5. The number of fused-ring (bicyclic) bond motifs is 1. The van der Waals surface area contributed by atoms with E-state index in [4.69, 9.17) is 16.3 Å². The van der Waals surface area contributed by atoms with Crippen molar-refractivity contribution in [3.05, 3.63) is 120 Å². The zero-order valence-electron chi connectivity index (χ0n) is 21.1. The summed E-state index contributed by atoms with van der Waals surface area (Å²) in [6.45, 7) is 3.40. The van der Waals surface area contributed by atoms with Crippen molar-refractivity contribution >= 4 is 50.4 Å². The molecule has 5 rings (SSSR count). The fourth-order valence-corrected chi connectivity index (χ4v) is 5.28. The largest absolute Gasteiger partial charge is 0.457 e. The normalized spacial score (nSPS) is 11.0. The monoisotopic (exact) mass is 578 g/mol. The Hall–Kier alpha value is -4.61. The van der Waals surface area contributed by atoms with E-state index in [0.717, 1.165) is 16.9 Å². The van der Waals surface area contributed by atoms with Crippen molar-refractivity contribution in [2.75, 3.05) is 5.32 Å². The number of aromatic nitrogens is 2. The lowest BCUT2D eigenvalue weighted by Crippen LogP contribution is -2.21. The van der Waals surface area contributed by atoms with Crippen LogP contribution in [-0.4, -0.2) is 20.4 Å². The molecule has 2 aromatic heterocycles. The fraction of sp³-hybridized carbons (Fsp3) is 0.107. The average Bonchev–Trinajstić information content (AvgIpc) is 3.26. The second-order valence-corrected chi connectivity index (χ2v) is 10.4. The van der Waals surface area contributed by atoms with Gasteiger partial charge in [-0.05, 0) is 49.2 Å². The molecular weight excluding hydrogens is 559 g/mol. The number of aryl methyl sites for hydroxylation is 2. The standard InChI is InChI=1S/C28H20ClFN4O5S/c1-15-9-20(7-8-22(15)29)39-21-11-18(10-19(12-21)34(37)38)32-26(35)25-16(2)24-27(40-25)31-14-33(28(24)36)13-17-5-3-4-6-23(17)30/h3-12,14H,13H2,1-2H3,(H,32,35). The molecule has 1 amide bonds. The number of anilines is 1.